The molecule has 0 spiro atoms. The van der Waals surface area contributed by atoms with E-state index in [1.54, 1.807) is 23.2 Å². The summed E-state index contributed by atoms with van der Waals surface area (Å²) in [6.45, 7) is 0. The Labute approximate surface area is 130 Å². The monoisotopic (exact) mass is 305 g/mol. The Morgan fingerprint density at radius 1 is 1.09 bits per heavy atom. The SMILES string of the molecule is O=C(O)c1ccn2nc(-c3ccc(-n4ccnc4)cc3)nc2c1. The van der Waals surface area contributed by atoms with Crippen LogP contribution in [0, 0.1) is 0 Å². The first kappa shape index (κ1) is 13.2. The van der Waals surface area contributed by atoms with E-state index in [-0.39, 0.29) is 5.56 Å². The van der Waals surface area contributed by atoms with Crippen molar-refractivity contribution in [2.45, 2.75) is 0 Å². The highest BCUT2D eigenvalue weighted by molar-refractivity contribution is 5.88. The van der Waals surface area contributed by atoms with Crippen molar-refractivity contribution in [3.63, 3.8) is 0 Å². The minimum absolute atomic E-state index is 0.187. The predicted molar refractivity (Wildman–Crippen MR) is 82.5 cm³/mol. The maximum atomic E-state index is 11.0. The van der Waals surface area contributed by atoms with Crippen LogP contribution in [0.4, 0.5) is 0 Å². The number of carbonyl (C=O) groups is 1. The third kappa shape index (κ3) is 2.34. The first-order chi connectivity index (χ1) is 11.2. The van der Waals surface area contributed by atoms with Crippen LogP contribution in [0.5, 0.6) is 0 Å². The van der Waals surface area contributed by atoms with Gasteiger partial charge in [-0.2, -0.15) is 0 Å². The van der Waals surface area contributed by atoms with Crippen LogP contribution in [-0.4, -0.2) is 35.2 Å². The number of rotatable bonds is 3. The van der Waals surface area contributed by atoms with Crippen molar-refractivity contribution in [3.8, 4) is 17.1 Å². The number of carboxylic acids is 1. The topological polar surface area (TPSA) is 85.3 Å². The lowest BCUT2D eigenvalue weighted by molar-refractivity contribution is 0.0697. The van der Waals surface area contributed by atoms with Crippen molar-refractivity contribution in [2.24, 2.45) is 0 Å². The van der Waals surface area contributed by atoms with Gasteiger partial charge in [-0.05, 0) is 36.4 Å². The molecule has 7 nitrogen and oxygen atoms in total. The van der Waals surface area contributed by atoms with Crippen molar-refractivity contribution in [3.05, 3.63) is 66.9 Å². The summed E-state index contributed by atoms with van der Waals surface area (Å²) >= 11 is 0. The number of nitrogens with zero attached hydrogens (tertiary/aromatic N) is 5. The fraction of sp³-hybridized carbons (Fsp3) is 0. The molecule has 0 radical (unpaired) electrons. The van der Waals surface area contributed by atoms with Crippen LogP contribution in [0.3, 0.4) is 0 Å². The summed E-state index contributed by atoms with van der Waals surface area (Å²) in [4.78, 5) is 19.4. The van der Waals surface area contributed by atoms with Gasteiger partial charge >= 0.3 is 5.97 Å². The van der Waals surface area contributed by atoms with Crippen LogP contribution in [-0.2, 0) is 0 Å². The molecule has 4 aromatic rings. The molecule has 0 saturated carbocycles. The summed E-state index contributed by atoms with van der Waals surface area (Å²) in [7, 11) is 0. The molecule has 1 N–H and O–H groups in total. The molecule has 0 aliphatic carbocycles. The van der Waals surface area contributed by atoms with Crippen LogP contribution < -0.4 is 0 Å². The fourth-order valence-electron chi connectivity index (χ4n) is 2.33. The van der Waals surface area contributed by atoms with E-state index in [9.17, 15) is 4.79 Å². The molecule has 0 amide bonds. The Morgan fingerprint density at radius 2 is 1.91 bits per heavy atom. The van der Waals surface area contributed by atoms with E-state index >= 15 is 0 Å². The Hall–Kier alpha value is -3.48. The van der Waals surface area contributed by atoms with Gasteiger partial charge in [0.2, 0.25) is 0 Å². The Kier molecular flexibility index (Phi) is 2.90. The van der Waals surface area contributed by atoms with Crippen LogP contribution in [0.15, 0.2) is 61.3 Å². The van der Waals surface area contributed by atoms with E-state index in [1.165, 1.54) is 12.1 Å². The summed E-state index contributed by atoms with van der Waals surface area (Å²) in [6, 6.07) is 10.7. The molecule has 7 heteroatoms. The second kappa shape index (κ2) is 5.06. The molecule has 112 valence electrons. The minimum atomic E-state index is -0.985. The molecule has 0 bridgehead atoms. The highest BCUT2D eigenvalue weighted by Gasteiger charge is 2.09. The van der Waals surface area contributed by atoms with E-state index in [0.717, 1.165) is 11.3 Å². The average molecular weight is 305 g/mol. The van der Waals surface area contributed by atoms with Crippen LogP contribution in [0.25, 0.3) is 22.7 Å². The number of imidazole rings is 1. The normalized spacial score (nSPS) is 11.0. The molecule has 0 unspecified atom stereocenters. The summed E-state index contributed by atoms with van der Waals surface area (Å²) in [5.74, 6) is -0.438. The first-order valence-electron chi connectivity index (χ1n) is 6.89. The van der Waals surface area contributed by atoms with Crippen molar-refractivity contribution >= 4 is 11.6 Å². The zero-order chi connectivity index (χ0) is 15.8. The average Bonchev–Trinajstić information content (AvgIpc) is 3.23. The molecule has 4 rings (SSSR count). The molecular formula is C16H11N5O2. The van der Waals surface area contributed by atoms with E-state index in [1.807, 2.05) is 35.0 Å². The minimum Gasteiger partial charge on any atom is -0.478 e. The van der Waals surface area contributed by atoms with Crippen molar-refractivity contribution in [1.29, 1.82) is 0 Å². The van der Waals surface area contributed by atoms with Crippen molar-refractivity contribution in [1.82, 2.24) is 24.1 Å². The molecule has 0 aliphatic heterocycles. The van der Waals surface area contributed by atoms with E-state index in [0.29, 0.717) is 11.5 Å². The van der Waals surface area contributed by atoms with Crippen LogP contribution >= 0.6 is 0 Å². The summed E-state index contributed by atoms with van der Waals surface area (Å²) in [5.41, 5.74) is 2.53. The molecule has 0 saturated heterocycles. The molecule has 0 fully saturated rings. The number of aromatic carboxylic acids is 1. The number of aromatic nitrogens is 5. The van der Waals surface area contributed by atoms with Gasteiger partial charge in [-0.1, -0.05) is 0 Å². The largest absolute Gasteiger partial charge is 0.478 e. The highest BCUT2D eigenvalue weighted by atomic mass is 16.4. The van der Waals surface area contributed by atoms with Gasteiger partial charge in [0, 0.05) is 29.8 Å². The Balaban J connectivity index is 1.72. The maximum absolute atomic E-state index is 11.0. The molecule has 3 aromatic heterocycles. The highest BCUT2D eigenvalue weighted by Crippen LogP contribution is 2.19. The van der Waals surface area contributed by atoms with Gasteiger partial charge in [0.15, 0.2) is 11.5 Å². The zero-order valence-electron chi connectivity index (χ0n) is 11.9. The van der Waals surface area contributed by atoms with Gasteiger partial charge in [-0.25, -0.2) is 19.3 Å². The lowest BCUT2D eigenvalue weighted by Crippen LogP contribution is -1.97. The molecule has 1 aromatic carbocycles. The van der Waals surface area contributed by atoms with Gasteiger partial charge in [0.1, 0.15) is 0 Å². The van der Waals surface area contributed by atoms with Crippen LogP contribution in [0.2, 0.25) is 0 Å². The van der Waals surface area contributed by atoms with Gasteiger partial charge in [-0.15, -0.1) is 5.10 Å². The second-order valence-electron chi connectivity index (χ2n) is 4.98. The van der Waals surface area contributed by atoms with Gasteiger partial charge < -0.3 is 9.67 Å². The third-order valence-electron chi connectivity index (χ3n) is 3.51. The van der Waals surface area contributed by atoms with E-state index < -0.39 is 5.97 Å². The third-order valence-corrected chi connectivity index (χ3v) is 3.51. The van der Waals surface area contributed by atoms with Gasteiger partial charge in [0.05, 0.1) is 11.9 Å². The lowest BCUT2D eigenvalue weighted by Gasteiger charge is -2.02. The van der Waals surface area contributed by atoms with E-state index in [4.69, 9.17) is 5.11 Å². The number of carboxylic acid groups (broad SMARTS) is 1. The predicted octanol–water partition coefficient (Wildman–Crippen LogP) is 2.28. The Morgan fingerprint density at radius 3 is 2.61 bits per heavy atom. The number of benzene rings is 1. The number of pyridine rings is 1. The van der Waals surface area contributed by atoms with Crippen LogP contribution in [0.1, 0.15) is 10.4 Å². The number of hydrogen-bond acceptors (Lipinski definition) is 4. The fourth-order valence-corrected chi connectivity index (χ4v) is 2.33. The van der Waals surface area contributed by atoms with Crippen molar-refractivity contribution < 1.29 is 9.90 Å². The first-order valence-corrected chi connectivity index (χ1v) is 6.89. The Bertz CT molecular complexity index is 987. The smallest absolute Gasteiger partial charge is 0.335 e. The molecular weight excluding hydrogens is 294 g/mol. The van der Waals surface area contributed by atoms with Gasteiger partial charge in [-0.3, -0.25) is 0 Å². The molecule has 0 aliphatic rings. The maximum Gasteiger partial charge on any atom is 0.335 e. The van der Waals surface area contributed by atoms with Crippen molar-refractivity contribution in [2.75, 3.05) is 0 Å². The number of fused-ring (bicyclic) bond motifs is 1. The molecule has 0 atom stereocenters. The van der Waals surface area contributed by atoms with E-state index in [2.05, 4.69) is 15.1 Å². The number of hydrogen-bond donors (Lipinski definition) is 1. The zero-order valence-corrected chi connectivity index (χ0v) is 11.9. The summed E-state index contributed by atoms with van der Waals surface area (Å²) < 4.78 is 3.46. The lowest BCUT2D eigenvalue weighted by atomic mass is 10.2. The summed E-state index contributed by atoms with van der Waals surface area (Å²) in [5, 5.41) is 13.4. The standard InChI is InChI=1S/C16H11N5O2/c22-16(23)12-5-7-21-14(9-12)18-15(19-21)11-1-3-13(4-2-11)20-8-6-17-10-20/h1-10H,(H,22,23). The second-order valence-corrected chi connectivity index (χ2v) is 4.98. The summed E-state index contributed by atoms with van der Waals surface area (Å²) in [6.07, 6.45) is 6.91. The molecule has 23 heavy (non-hydrogen) atoms. The quantitative estimate of drug-likeness (QED) is 0.627. The molecule has 3 heterocycles. The van der Waals surface area contributed by atoms with Gasteiger partial charge in [0.25, 0.3) is 0 Å².